The molecule has 1 atom stereocenters. The fraction of sp³-hybridized carbons (Fsp3) is 0.625. The second-order valence-corrected chi connectivity index (χ2v) is 6.85. The van der Waals surface area contributed by atoms with Crippen LogP contribution in [0.4, 0.5) is 48.3 Å². The predicted molar refractivity (Wildman–Crippen MR) is 75.8 cm³/mol. The lowest BCUT2D eigenvalue weighted by atomic mass is 9.67. The molecule has 0 amide bonds. The first-order chi connectivity index (χ1) is 12.7. The fourth-order valence-corrected chi connectivity index (χ4v) is 3.03. The first kappa shape index (κ1) is 23.5. The Labute approximate surface area is 156 Å². The summed E-state index contributed by atoms with van der Waals surface area (Å²) in [6.45, 7) is 0.394. The molecule has 0 aliphatic heterocycles. The van der Waals surface area contributed by atoms with Crippen LogP contribution in [0.25, 0.3) is 0 Å². The third-order valence-electron chi connectivity index (χ3n) is 4.87. The van der Waals surface area contributed by atoms with Crippen molar-refractivity contribution in [2.75, 3.05) is 7.11 Å². The number of ether oxygens (including phenoxy) is 1. The molecule has 2 rings (SSSR count). The molecule has 1 aliphatic rings. The first-order valence-electron chi connectivity index (χ1n) is 7.69. The first-order valence-corrected chi connectivity index (χ1v) is 7.69. The molecule has 0 aromatic heterocycles. The second kappa shape index (κ2) is 6.11. The van der Waals surface area contributed by atoms with Crippen LogP contribution in [0.5, 0.6) is 5.75 Å². The number of methoxy groups -OCH3 is 1. The van der Waals surface area contributed by atoms with Gasteiger partial charge in [0, 0.05) is 6.42 Å². The molecule has 1 aromatic carbocycles. The molecule has 0 radical (unpaired) electrons. The zero-order chi connectivity index (χ0) is 22.9. The van der Waals surface area contributed by atoms with Crippen LogP contribution in [0.1, 0.15) is 18.9 Å². The summed E-state index contributed by atoms with van der Waals surface area (Å²) in [6, 6.07) is 3.71. The lowest BCUT2D eigenvalue weighted by Crippen LogP contribution is -2.84. The quantitative estimate of drug-likeness (QED) is 0.646. The maximum Gasteiger partial charge on any atom is 0.384 e. The Hall–Kier alpha value is -1.79. The van der Waals surface area contributed by atoms with E-state index in [-0.39, 0.29) is 5.75 Å². The van der Waals surface area contributed by atoms with Crippen molar-refractivity contribution in [3.05, 3.63) is 29.8 Å². The average molecular weight is 446 g/mol. The van der Waals surface area contributed by atoms with E-state index >= 15 is 0 Å². The van der Waals surface area contributed by atoms with E-state index in [1.165, 1.54) is 7.11 Å². The summed E-state index contributed by atoms with van der Waals surface area (Å²) in [7, 11) is 1.18. The van der Waals surface area contributed by atoms with Gasteiger partial charge in [-0.15, -0.1) is 0 Å². The summed E-state index contributed by atoms with van der Waals surface area (Å²) in [5.74, 6) is -35.6. The molecule has 1 fully saturated rings. The number of hydrogen-bond acceptors (Lipinski definition) is 2. The molecular formula is C16H13F11O2. The van der Waals surface area contributed by atoms with E-state index in [2.05, 4.69) is 0 Å². The zero-order valence-electron chi connectivity index (χ0n) is 14.5. The van der Waals surface area contributed by atoms with E-state index in [1.807, 2.05) is 0 Å². The standard InChI is InChI=1S/C16H13F11O2/c1-10(28,8-3-5-9(29-2)6-4-8)7-11(17)12(18,19)14(22,23)16(26,27)15(24,25)13(11,20)21/h3-6,28H,7H2,1-2H3. The monoisotopic (exact) mass is 446 g/mol. The molecule has 0 saturated heterocycles. The number of aliphatic hydroxyl groups is 1. The third kappa shape index (κ3) is 2.65. The van der Waals surface area contributed by atoms with E-state index in [0.717, 1.165) is 24.3 Å². The normalized spacial score (nSPS) is 27.7. The van der Waals surface area contributed by atoms with Crippen LogP contribution in [-0.4, -0.2) is 47.5 Å². The highest BCUT2D eigenvalue weighted by Crippen LogP contribution is 2.71. The second-order valence-electron chi connectivity index (χ2n) is 6.85. The largest absolute Gasteiger partial charge is 0.497 e. The van der Waals surface area contributed by atoms with Gasteiger partial charge in [-0.2, -0.15) is 43.9 Å². The van der Waals surface area contributed by atoms with Crippen molar-refractivity contribution in [1.82, 2.24) is 0 Å². The van der Waals surface area contributed by atoms with Crippen LogP contribution in [0, 0.1) is 0 Å². The molecule has 0 bridgehead atoms. The number of alkyl halides is 11. The minimum atomic E-state index is -7.28. The van der Waals surface area contributed by atoms with Gasteiger partial charge < -0.3 is 9.84 Å². The van der Waals surface area contributed by atoms with Gasteiger partial charge in [-0.25, -0.2) is 4.39 Å². The molecule has 1 N–H and O–H groups in total. The van der Waals surface area contributed by atoms with Crippen LogP contribution in [0.2, 0.25) is 0 Å². The van der Waals surface area contributed by atoms with E-state index in [4.69, 9.17) is 4.74 Å². The number of benzene rings is 1. The number of halogens is 11. The fourth-order valence-electron chi connectivity index (χ4n) is 3.03. The minimum Gasteiger partial charge on any atom is -0.497 e. The van der Waals surface area contributed by atoms with Crippen molar-refractivity contribution in [3.8, 4) is 5.75 Å². The molecule has 166 valence electrons. The molecule has 13 heteroatoms. The van der Waals surface area contributed by atoms with Crippen molar-refractivity contribution in [3.63, 3.8) is 0 Å². The molecule has 1 aliphatic carbocycles. The molecular weight excluding hydrogens is 433 g/mol. The maximum atomic E-state index is 14.8. The van der Waals surface area contributed by atoms with Gasteiger partial charge in [0.25, 0.3) is 5.67 Å². The van der Waals surface area contributed by atoms with Crippen LogP contribution in [0.3, 0.4) is 0 Å². The Morgan fingerprint density at radius 2 is 1.07 bits per heavy atom. The third-order valence-corrected chi connectivity index (χ3v) is 4.87. The number of rotatable bonds is 4. The summed E-state index contributed by atoms with van der Waals surface area (Å²) < 4.78 is 156. The Bertz CT molecular complexity index is 742. The van der Waals surface area contributed by atoms with E-state index in [0.29, 0.717) is 6.92 Å². The SMILES string of the molecule is COc1ccc(C(C)(O)CC2(F)C(F)(F)C(F)(F)C(F)(F)C(F)(F)C2(F)F)cc1. The van der Waals surface area contributed by atoms with Gasteiger partial charge in [-0.3, -0.25) is 0 Å². The Kier molecular flexibility index (Phi) is 4.95. The predicted octanol–water partition coefficient (Wildman–Crippen LogP) is 5.19. The summed E-state index contributed by atoms with van der Waals surface area (Å²) in [4.78, 5) is 0. The van der Waals surface area contributed by atoms with Crippen molar-refractivity contribution >= 4 is 0 Å². The highest BCUT2D eigenvalue weighted by atomic mass is 19.4. The van der Waals surface area contributed by atoms with Gasteiger partial charge in [0.2, 0.25) is 0 Å². The van der Waals surface area contributed by atoms with Gasteiger partial charge in [0.15, 0.2) is 0 Å². The Balaban J connectivity index is 2.66. The molecule has 29 heavy (non-hydrogen) atoms. The number of hydrogen-bond donors (Lipinski definition) is 1. The van der Waals surface area contributed by atoms with Crippen molar-refractivity contribution in [2.45, 2.75) is 54.2 Å². The van der Waals surface area contributed by atoms with Crippen LogP contribution in [-0.2, 0) is 5.60 Å². The lowest BCUT2D eigenvalue weighted by molar-refractivity contribution is -0.488. The van der Waals surface area contributed by atoms with Crippen LogP contribution in [0.15, 0.2) is 24.3 Å². The summed E-state index contributed by atoms with van der Waals surface area (Å²) in [6.07, 6.45) is -2.76. The van der Waals surface area contributed by atoms with Crippen LogP contribution < -0.4 is 4.74 Å². The smallest absolute Gasteiger partial charge is 0.384 e. The summed E-state index contributed by atoms with van der Waals surface area (Å²) in [5, 5.41) is 10.2. The van der Waals surface area contributed by atoms with Gasteiger partial charge in [-0.05, 0) is 24.6 Å². The Morgan fingerprint density at radius 3 is 1.41 bits per heavy atom. The maximum absolute atomic E-state index is 14.8. The van der Waals surface area contributed by atoms with E-state index < -0.39 is 52.9 Å². The van der Waals surface area contributed by atoms with Crippen molar-refractivity contribution in [1.29, 1.82) is 0 Å². The molecule has 0 heterocycles. The van der Waals surface area contributed by atoms with Crippen LogP contribution >= 0.6 is 0 Å². The highest BCUT2D eigenvalue weighted by molar-refractivity contribution is 5.33. The van der Waals surface area contributed by atoms with E-state index in [1.54, 1.807) is 0 Å². The summed E-state index contributed by atoms with van der Waals surface area (Å²) >= 11 is 0. The topological polar surface area (TPSA) is 29.5 Å². The Morgan fingerprint density at radius 1 is 0.724 bits per heavy atom. The summed E-state index contributed by atoms with van der Waals surface area (Å²) in [5.41, 5.74) is -10.1. The molecule has 0 spiro atoms. The highest BCUT2D eigenvalue weighted by Gasteiger charge is 3.01. The van der Waals surface area contributed by atoms with Crippen molar-refractivity contribution < 1.29 is 58.1 Å². The zero-order valence-corrected chi connectivity index (χ0v) is 14.5. The molecule has 1 unspecified atom stereocenters. The van der Waals surface area contributed by atoms with Gasteiger partial charge in [-0.1, -0.05) is 12.1 Å². The van der Waals surface area contributed by atoms with E-state index in [9.17, 15) is 53.4 Å². The van der Waals surface area contributed by atoms with Gasteiger partial charge in [0.05, 0.1) is 12.7 Å². The lowest BCUT2D eigenvalue weighted by Gasteiger charge is -2.53. The minimum absolute atomic E-state index is 0.0885. The van der Waals surface area contributed by atoms with Crippen molar-refractivity contribution in [2.24, 2.45) is 0 Å². The molecule has 1 aromatic rings. The molecule has 1 saturated carbocycles. The molecule has 2 nitrogen and oxygen atoms in total. The average Bonchev–Trinajstić information content (AvgIpc) is 2.59. The van der Waals surface area contributed by atoms with Gasteiger partial charge >= 0.3 is 29.6 Å². The van der Waals surface area contributed by atoms with Gasteiger partial charge in [0.1, 0.15) is 5.75 Å².